The summed E-state index contributed by atoms with van der Waals surface area (Å²) < 4.78 is 7.87. The molecule has 0 bridgehead atoms. The highest BCUT2D eigenvalue weighted by Crippen LogP contribution is 2.31. The number of hydrogen-bond donors (Lipinski definition) is 1. The SMILES string of the molecule is CN=C(NCC1(N2CCCCC2)CCN(C)CC1)N1CCOC(c2cnn(C)c2)C1.I. The maximum Gasteiger partial charge on any atom is 0.193 e. The van der Waals surface area contributed by atoms with Crippen molar-refractivity contribution in [3.63, 3.8) is 0 Å². The molecule has 4 heterocycles. The second-order valence-corrected chi connectivity index (χ2v) is 9.23. The lowest BCUT2D eigenvalue weighted by Crippen LogP contribution is -2.62. The van der Waals surface area contributed by atoms with Crippen molar-refractivity contribution in [2.75, 3.05) is 66.5 Å². The Morgan fingerprint density at radius 3 is 2.55 bits per heavy atom. The van der Waals surface area contributed by atoms with Gasteiger partial charge in [-0.2, -0.15) is 5.10 Å². The Morgan fingerprint density at radius 2 is 1.90 bits per heavy atom. The van der Waals surface area contributed by atoms with Crippen LogP contribution in [0.4, 0.5) is 0 Å². The van der Waals surface area contributed by atoms with E-state index in [4.69, 9.17) is 4.74 Å². The first-order chi connectivity index (χ1) is 14.6. The molecule has 0 saturated carbocycles. The monoisotopic (exact) mass is 545 g/mol. The summed E-state index contributed by atoms with van der Waals surface area (Å²) in [5.41, 5.74) is 1.38. The number of piperidine rings is 2. The van der Waals surface area contributed by atoms with Crippen molar-refractivity contribution in [2.45, 2.75) is 43.7 Å². The molecular weight excluding hydrogens is 505 g/mol. The first-order valence-corrected chi connectivity index (χ1v) is 11.6. The molecule has 3 aliphatic rings. The molecule has 1 atom stereocenters. The zero-order valence-electron chi connectivity index (χ0n) is 19.4. The van der Waals surface area contributed by atoms with E-state index >= 15 is 0 Å². The second kappa shape index (κ2) is 11.3. The van der Waals surface area contributed by atoms with Gasteiger partial charge in [-0.25, -0.2) is 0 Å². The molecule has 0 aliphatic carbocycles. The lowest BCUT2D eigenvalue weighted by molar-refractivity contribution is -0.00957. The summed E-state index contributed by atoms with van der Waals surface area (Å²) in [5.74, 6) is 1.00. The maximum absolute atomic E-state index is 6.03. The Kier molecular flexibility index (Phi) is 9.01. The first-order valence-electron chi connectivity index (χ1n) is 11.6. The Balaban J connectivity index is 0.00000272. The predicted molar refractivity (Wildman–Crippen MR) is 135 cm³/mol. The third-order valence-electron chi connectivity index (χ3n) is 7.19. The lowest BCUT2D eigenvalue weighted by Gasteiger charge is -2.50. The molecule has 31 heavy (non-hydrogen) atoms. The fourth-order valence-corrected chi connectivity index (χ4v) is 5.23. The van der Waals surface area contributed by atoms with Crippen LogP contribution in [0.1, 0.15) is 43.8 Å². The second-order valence-electron chi connectivity index (χ2n) is 9.23. The minimum atomic E-state index is 0. The summed E-state index contributed by atoms with van der Waals surface area (Å²) in [6.07, 6.45) is 10.5. The van der Waals surface area contributed by atoms with Crippen LogP contribution in [0.15, 0.2) is 17.4 Å². The number of halogens is 1. The number of nitrogens with one attached hydrogen (secondary N) is 1. The van der Waals surface area contributed by atoms with Gasteiger partial charge in [-0.3, -0.25) is 14.6 Å². The van der Waals surface area contributed by atoms with E-state index in [1.807, 2.05) is 31.2 Å². The van der Waals surface area contributed by atoms with Gasteiger partial charge < -0.3 is 19.9 Å². The first kappa shape index (κ1) is 24.7. The Morgan fingerprint density at radius 1 is 1.16 bits per heavy atom. The number of ether oxygens (including phenoxy) is 1. The highest BCUT2D eigenvalue weighted by Gasteiger charge is 2.40. The fourth-order valence-electron chi connectivity index (χ4n) is 5.23. The molecule has 3 aliphatic heterocycles. The van der Waals surface area contributed by atoms with Crippen LogP contribution in [0.5, 0.6) is 0 Å². The molecule has 176 valence electrons. The number of aromatic nitrogens is 2. The molecule has 0 spiro atoms. The minimum absolute atomic E-state index is 0. The van der Waals surface area contributed by atoms with E-state index < -0.39 is 0 Å². The van der Waals surface area contributed by atoms with Gasteiger partial charge in [-0.15, -0.1) is 24.0 Å². The van der Waals surface area contributed by atoms with E-state index in [1.165, 1.54) is 58.3 Å². The molecule has 9 heteroatoms. The number of morpholine rings is 1. The van der Waals surface area contributed by atoms with Gasteiger partial charge in [0.15, 0.2) is 5.96 Å². The van der Waals surface area contributed by atoms with Crippen LogP contribution in [0.25, 0.3) is 0 Å². The summed E-state index contributed by atoms with van der Waals surface area (Å²) in [4.78, 5) is 12.2. The number of hydrogen-bond acceptors (Lipinski definition) is 5. The van der Waals surface area contributed by atoms with Crippen molar-refractivity contribution >= 4 is 29.9 Å². The van der Waals surface area contributed by atoms with Crippen molar-refractivity contribution in [3.8, 4) is 0 Å². The topological polar surface area (TPSA) is 61.2 Å². The number of likely N-dealkylation sites (tertiary alicyclic amines) is 2. The van der Waals surface area contributed by atoms with Gasteiger partial charge in [0.25, 0.3) is 0 Å². The molecular formula is C22H40IN7O. The van der Waals surface area contributed by atoms with Crippen molar-refractivity contribution in [1.82, 2.24) is 29.8 Å². The van der Waals surface area contributed by atoms with E-state index in [0.717, 1.165) is 31.2 Å². The smallest absolute Gasteiger partial charge is 0.193 e. The average Bonchev–Trinajstić information content (AvgIpc) is 3.23. The number of nitrogens with zero attached hydrogens (tertiary/aromatic N) is 6. The highest BCUT2D eigenvalue weighted by atomic mass is 127. The van der Waals surface area contributed by atoms with Crippen LogP contribution >= 0.6 is 24.0 Å². The molecule has 4 rings (SSSR count). The third-order valence-corrected chi connectivity index (χ3v) is 7.19. The molecule has 0 radical (unpaired) electrons. The molecule has 1 N–H and O–H groups in total. The number of aliphatic imine (C=N–C) groups is 1. The van der Waals surface area contributed by atoms with Gasteiger partial charge in [0.2, 0.25) is 0 Å². The van der Waals surface area contributed by atoms with Gasteiger partial charge >= 0.3 is 0 Å². The van der Waals surface area contributed by atoms with E-state index in [9.17, 15) is 0 Å². The Hall–Kier alpha value is -0.910. The third kappa shape index (κ3) is 5.91. The zero-order chi connectivity index (χ0) is 21.0. The van der Waals surface area contributed by atoms with Crippen LogP contribution in [-0.2, 0) is 11.8 Å². The Labute approximate surface area is 204 Å². The van der Waals surface area contributed by atoms with Crippen molar-refractivity contribution in [3.05, 3.63) is 18.0 Å². The number of aryl methyl sites for hydroxylation is 1. The fraction of sp³-hybridized carbons (Fsp3) is 0.818. The molecule has 8 nitrogen and oxygen atoms in total. The van der Waals surface area contributed by atoms with Gasteiger partial charge in [0, 0.05) is 44.5 Å². The molecule has 1 aromatic rings. The summed E-state index contributed by atoms with van der Waals surface area (Å²) in [6, 6.07) is 0. The maximum atomic E-state index is 6.03. The van der Waals surface area contributed by atoms with Gasteiger partial charge in [0.1, 0.15) is 6.10 Å². The number of guanidine groups is 1. The molecule has 1 aromatic heterocycles. The summed E-state index contributed by atoms with van der Waals surface area (Å²) in [5, 5.41) is 8.09. The predicted octanol–water partition coefficient (Wildman–Crippen LogP) is 1.94. The van der Waals surface area contributed by atoms with Crippen molar-refractivity contribution in [2.24, 2.45) is 12.0 Å². The van der Waals surface area contributed by atoms with Crippen LogP contribution in [0.3, 0.4) is 0 Å². The minimum Gasteiger partial charge on any atom is -0.370 e. The van der Waals surface area contributed by atoms with E-state index in [1.54, 1.807) is 0 Å². The molecule has 1 unspecified atom stereocenters. The van der Waals surface area contributed by atoms with Crippen LogP contribution in [0, 0.1) is 0 Å². The van der Waals surface area contributed by atoms with Crippen LogP contribution in [0.2, 0.25) is 0 Å². The quantitative estimate of drug-likeness (QED) is 0.355. The van der Waals surface area contributed by atoms with Gasteiger partial charge in [0.05, 0.1) is 19.3 Å². The van der Waals surface area contributed by atoms with Crippen LogP contribution in [-0.4, -0.2) is 102 Å². The van der Waals surface area contributed by atoms with E-state index in [0.29, 0.717) is 6.61 Å². The van der Waals surface area contributed by atoms with Gasteiger partial charge in [-0.05, 0) is 58.9 Å². The van der Waals surface area contributed by atoms with Crippen molar-refractivity contribution in [1.29, 1.82) is 0 Å². The van der Waals surface area contributed by atoms with Crippen LogP contribution < -0.4 is 5.32 Å². The average molecular weight is 546 g/mol. The normalized spacial score (nSPS) is 25.8. The molecule has 0 amide bonds. The highest BCUT2D eigenvalue weighted by molar-refractivity contribution is 14.0. The zero-order valence-corrected chi connectivity index (χ0v) is 21.8. The molecule has 0 aromatic carbocycles. The van der Waals surface area contributed by atoms with E-state index in [2.05, 4.69) is 37.2 Å². The standard InChI is InChI=1S/C22H39N7O.HI/c1-23-21(28-13-14-30-20(17-28)19-15-25-27(3)16-19)24-18-22(7-11-26(2)12-8-22)29-9-5-4-6-10-29;/h15-16,20H,4-14,17-18H2,1-3H3,(H,23,24);1H. The molecule has 3 fully saturated rings. The van der Waals surface area contributed by atoms with Gasteiger partial charge in [-0.1, -0.05) is 6.42 Å². The lowest BCUT2D eigenvalue weighted by atomic mass is 9.84. The summed E-state index contributed by atoms with van der Waals surface area (Å²) >= 11 is 0. The van der Waals surface area contributed by atoms with Crippen molar-refractivity contribution < 1.29 is 4.74 Å². The van der Waals surface area contributed by atoms with E-state index in [-0.39, 0.29) is 35.6 Å². The Bertz CT molecular complexity index is 710. The largest absolute Gasteiger partial charge is 0.370 e. The summed E-state index contributed by atoms with van der Waals surface area (Å²) in [6.45, 7) is 8.20. The molecule has 3 saturated heterocycles. The summed E-state index contributed by atoms with van der Waals surface area (Å²) in [7, 11) is 6.10. The number of rotatable bonds is 4.